The van der Waals surface area contributed by atoms with Gasteiger partial charge >= 0.3 is 12.0 Å². The zero-order valence-electron chi connectivity index (χ0n) is 9.91. The quantitative estimate of drug-likeness (QED) is 0.553. The van der Waals surface area contributed by atoms with Gasteiger partial charge in [-0.05, 0) is 11.1 Å². The van der Waals surface area contributed by atoms with E-state index >= 15 is 0 Å². The first-order valence-corrected chi connectivity index (χ1v) is 5.97. The first-order chi connectivity index (χ1) is 8.95. The van der Waals surface area contributed by atoms with Crippen LogP contribution in [0.4, 0.5) is 0 Å². The fourth-order valence-corrected chi connectivity index (χ4v) is 2.08. The lowest BCUT2D eigenvalue weighted by Crippen LogP contribution is -1.92. The van der Waals surface area contributed by atoms with Gasteiger partial charge < -0.3 is 0 Å². The van der Waals surface area contributed by atoms with Crippen LogP contribution in [0.1, 0.15) is 11.1 Å². The average molecular weight is 233 g/mol. The topological polar surface area (TPSA) is 11.3 Å². The zero-order valence-corrected chi connectivity index (χ0v) is 9.91. The van der Waals surface area contributed by atoms with Crippen molar-refractivity contribution in [2.45, 2.75) is 0 Å². The van der Waals surface area contributed by atoms with E-state index in [0.717, 1.165) is 11.3 Å². The standard InChI is InChI=1S/C17H13O/c1-3-8-14(9-4-1)17(16-12-7-13-18-16)15-10-5-2-6-11-15/h1-13H/q+1. The van der Waals surface area contributed by atoms with Crippen molar-refractivity contribution >= 4 is 11.9 Å². The number of carbonyl (C=O) groups excluding carboxylic acids is 1. The van der Waals surface area contributed by atoms with Crippen molar-refractivity contribution in [2.24, 2.45) is 0 Å². The third kappa shape index (κ3) is 2.03. The summed E-state index contributed by atoms with van der Waals surface area (Å²) in [5, 5.41) is 0. The molecule has 0 radical (unpaired) electrons. The van der Waals surface area contributed by atoms with E-state index < -0.39 is 0 Å². The molecule has 1 heterocycles. The molecule has 1 heteroatoms. The summed E-state index contributed by atoms with van der Waals surface area (Å²) in [6.45, 7) is 0. The molecule has 0 amide bonds. The molecule has 1 aliphatic heterocycles. The first-order valence-electron chi connectivity index (χ1n) is 5.97. The molecule has 0 aromatic heterocycles. The highest BCUT2D eigenvalue weighted by molar-refractivity contribution is 5.84. The van der Waals surface area contributed by atoms with Gasteiger partial charge in [-0.2, -0.15) is 0 Å². The Morgan fingerprint density at radius 1 is 0.722 bits per heavy atom. The van der Waals surface area contributed by atoms with Crippen molar-refractivity contribution in [2.75, 3.05) is 0 Å². The number of hydrogen-bond acceptors (Lipinski definition) is 0. The molecule has 0 saturated carbocycles. The maximum absolute atomic E-state index is 5.57. The summed E-state index contributed by atoms with van der Waals surface area (Å²) in [5.41, 5.74) is 3.46. The van der Waals surface area contributed by atoms with E-state index in [1.54, 1.807) is 6.29 Å². The normalized spacial score (nSPS) is 13.0. The number of allylic oxidation sites excluding steroid dienone is 2. The van der Waals surface area contributed by atoms with Crippen LogP contribution in [0.3, 0.4) is 0 Å². The summed E-state index contributed by atoms with van der Waals surface area (Å²) >= 11 is 0. The second-order valence-corrected chi connectivity index (χ2v) is 4.08. The minimum atomic E-state index is 0.896. The summed E-state index contributed by atoms with van der Waals surface area (Å²) in [7, 11) is 0. The first kappa shape index (κ1) is 10.7. The lowest BCUT2D eigenvalue weighted by molar-refractivity contribution is -0.379. The van der Waals surface area contributed by atoms with Crippen LogP contribution in [0, 0.1) is 0 Å². The summed E-state index contributed by atoms with van der Waals surface area (Å²) in [4.78, 5) is 0. The van der Waals surface area contributed by atoms with E-state index in [9.17, 15) is 0 Å². The molecule has 0 spiro atoms. The van der Waals surface area contributed by atoms with Crippen LogP contribution in [-0.4, -0.2) is 6.29 Å². The SMILES string of the molecule is C1=CC(=C(c2ccccc2)c2ccccc2)[O+]=C1. The Hall–Kier alpha value is -2.41. The van der Waals surface area contributed by atoms with Crippen molar-refractivity contribution in [3.8, 4) is 0 Å². The Bertz CT molecular complexity index is 564. The number of rotatable bonds is 2. The van der Waals surface area contributed by atoms with Gasteiger partial charge in [0, 0.05) is 6.08 Å². The maximum atomic E-state index is 5.57. The van der Waals surface area contributed by atoms with Crippen molar-refractivity contribution < 1.29 is 4.42 Å². The van der Waals surface area contributed by atoms with E-state index in [-0.39, 0.29) is 0 Å². The molecular weight excluding hydrogens is 220 g/mol. The molecule has 2 aromatic carbocycles. The van der Waals surface area contributed by atoms with Gasteiger partial charge in [0.1, 0.15) is 0 Å². The molecule has 3 rings (SSSR count). The molecule has 0 atom stereocenters. The van der Waals surface area contributed by atoms with Gasteiger partial charge in [0.2, 0.25) is 0 Å². The van der Waals surface area contributed by atoms with Crippen molar-refractivity contribution in [3.63, 3.8) is 0 Å². The smallest absolute Gasteiger partial charge is 0.216 e. The van der Waals surface area contributed by atoms with E-state index in [1.807, 2.05) is 48.6 Å². The number of benzene rings is 2. The lowest BCUT2D eigenvalue weighted by Gasteiger charge is -2.04. The third-order valence-electron chi connectivity index (χ3n) is 2.89. The van der Waals surface area contributed by atoms with Gasteiger partial charge in [-0.3, -0.25) is 0 Å². The number of hydrogen-bond donors (Lipinski definition) is 0. The van der Waals surface area contributed by atoms with Gasteiger partial charge in [0.15, 0.2) is 0 Å². The maximum Gasteiger partial charge on any atom is 0.361 e. The second kappa shape index (κ2) is 4.84. The van der Waals surface area contributed by atoms with Crippen LogP contribution in [0.25, 0.3) is 5.57 Å². The Morgan fingerprint density at radius 2 is 1.28 bits per heavy atom. The van der Waals surface area contributed by atoms with Gasteiger partial charge in [-0.25, -0.2) is 4.42 Å². The molecule has 0 aliphatic carbocycles. The van der Waals surface area contributed by atoms with Crippen molar-refractivity contribution in [1.29, 1.82) is 0 Å². The van der Waals surface area contributed by atoms with Gasteiger partial charge in [-0.1, -0.05) is 60.7 Å². The molecular formula is C17H13O+. The summed E-state index contributed by atoms with van der Waals surface area (Å²) in [5.74, 6) is 0.896. The van der Waals surface area contributed by atoms with Crippen LogP contribution in [-0.2, 0) is 4.42 Å². The predicted molar refractivity (Wildman–Crippen MR) is 74.1 cm³/mol. The lowest BCUT2D eigenvalue weighted by atomic mass is 9.97. The van der Waals surface area contributed by atoms with Gasteiger partial charge in [0.25, 0.3) is 0 Å². The minimum absolute atomic E-state index is 0.896. The highest BCUT2D eigenvalue weighted by atomic mass is 16.4. The number of aldehydes is 1. The average Bonchev–Trinajstić information content (AvgIpc) is 2.95. The third-order valence-corrected chi connectivity index (χ3v) is 2.89. The highest BCUT2D eigenvalue weighted by Gasteiger charge is 2.19. The minimum Gasteiger partial charge on any atom is -0.216 e. The molecule has 0 bridgehead atoms. The van der Waals surface area contributed by atoms with Gasteiger partial charge in [0.05, 0.1) is 11.6 Å². The van der Waals surface area contributed by atoms with Crippen LogP contribution in [0.5, 0.6) is 0 Å². The van der Waals surface area contributed by atoms with Crippen LogP contribution in [0.2, 0.25) is 0 Å². The van der Waals surface area contributed by atoms with Crippen LogP contribution < -0.4 is 0 Å². The fourth-order valence-electron chi connectivity index (χ4n) is 2.08. The predicted octanol–water partition coefficient (Wildman–Crippen LogP) is 3.75. The molecule has 0 N–H and O–H groups in total. The highest BCUT2D eigenvalue weighted by Crippen LogP contribution is 2.27. The Balaban J connectivity index is 2.21. The van der Waals surface area contributed by atoms with E-state index in [4.69, 9.17) is 4.42 Å². The second-order valence-electron chi connectivity index (χ2n) is 4.08. The van der Waals surface area contributed by atoms with E-state index in [1.165, 1.54) is 11.1 Å². The largest absolute Gasteiger partial charge is 0.361 e. The Kier molecular flexibility index (Phi) is 2.89. The fraction of sp³-hybridized carbons (Fsp3) is 0. The van der Waals surface area contributed by atoms with Crippen LogP contribution >= 0.6 is 0 Å². The Morgan fingerprint density at radius 3 is 1.72 bits per heavy atom. The van der Waals surface area contributed by atoms with Gasteiger partial charge in [-0.15, -0.1) is 0 Å². The summed E-state index contributed by atoms with van der Waals surface area (Å²) in [6, 6.07) is 20.6. The van der Waals surface area contributed by atoms with Crippen LogP contribution in [0.15, 0.2) is 78.6 Å². The monoisotopic (exact) mass is 233 g/mol. The van der Waals surface area contributed by atoms with E-state index in [0.29, 0.717) is 0 Å². The molecule has 0 saturated heterocycles. The molecule has 18 heavy (non-hydrogen) atoms. The Labute approximate surface area is 106 Å². The van der Waals surface area contributed by atoms with Crippen molar-refractivity contribution in [1.82, 2.24) is 0 Å². The molecule has 2 aromatic rings. The summed E-state index contributed by atoms with van der Waals surface area (Å²) < 4.78 is 5.57. The molecule has 1 nitrogen and oxygen atoms in total. The molecule has 0 fully saturated rings. The molecule has 0 unspecified atom stereocenters. The molecule has 1 aliphatic rings. The van der Waals surface area contributed by atoms with E-state index in [2.05, 4.69) is 24.3 Å². The zero-order chi connectivity index (χ0) is 12.2. The summed E-state index contributed by atoms with van der Waals surface area (Å²) in [6.07, 6.45) is 5.62. The molecule has 86 valence electrons. The van der Waals surface area contributed by atoms with Crippen molar-refractivity contribution in [3.05, 3.63) is 89.7 Å².